The molecule has 0 radical (unpaired) electrons. The molecule has 0 aliphatic rings. The Kier molecular flexibility index (Phi) is 4.04. The molecule has 0 bridgehead atoms. The number of halogens is 3. The molecule has 0 aliphatic heterocycles. The van der Waals surface area contributed by atoms with Crippen LogP contribution in [0.5, 0.6) is 0 Å². The highest BCUT2D eigenvalue weighted by atomic mass is 32.1. The Labute approximate surface area is 93.8 Å². The van der Waals surface area contributed by atoms with Crippen LogP contribution in [0.4, 0.5) is 13.2 Å². The number of aromatic nitrogens is 1. The van der Waals surface area contributed by atoms with Crippen molar-refractivity contribution < 1.29 is 18.3 Å². The minimum Gasteiger partial charge on any atom is -0.502 e. The van der Waals surface area contributed by atoms with Gasteiger partial charge >= 0.3 is 6.18 Å². The molecule has 0 atom stereocenters. The predicted molar refractivity (Wildman–Crippen MR) is 55.3 cm³/mol. The van der Waals surface area contributed by atoms with Crippen LogP contribution in [0.2, 0.25) is 0 Å². The minimum atomic E-state index is -4.32. The third kappa shape index (κ3) is 4.13. The summed E-state index contributed by atoms with van der Waals surface area (Å²) >= 11 is 5.06. The van der Waals surface area contributed by atoms with E-state index in [1.54, 1.807) is 0 Å². The molecule has 1 rings (SSSR count). The van der Waals surface area contributed by atoms with Gasteiger partial charge in [0.05, 0.1) is 11.2 Å². The maximum absolute atomic E-state index is 12.2. The fourth-order valence-electron chi connectivity index (χ4n) is 0.948. The van der Waals surface area contributed by atoms with Gasteiger partial charge in [-0.15, -0.1) is 11.3 Å². The van der Waals surface area contributed by atoms with Gasteiger partial charge in [0.2, 0.25) is 0 Å². The predicted octanol–water partition coefficient (Wildman–Crippen LogP) is 3.37. The summed E-state index contributed by atoms with van der Waals surface area (Å²) in [6.07, 6.45) is -2.25. The van der Waals surface area contributed by atoms with E-state index in [4.69, 9.17) is 5.11 Å². The monoisotopic (exact) mass is 255 g/mol. The molecule has 0 aromatic carbocycles. The van der Waals surface area contributed by atoms with E-state index >= 15 is 0 Å². The quantitative estimate of drug-likeness (QED) is 0.837. The Morgan fingerprint density at radius 3 is 2.67 bits per heavy atom. The zero-order chi connectivity index (χ0) is 11.5. The summed E-state index contributed by atoms with van der Waals surface area (Å²) in [7, 11) is 0. The molecular formula is C8H8F3NOS2. The van der Waals surface area contributed by atoms with Crippen LogP contribution < -0.4 is 0 Å². The zero-order valence-electron chi connectivity index (χ0n) is 7.54. The Bertz CT molecular complexity index is 348. The topological polar surface area (TPSA) is 33.1 Å². The molecule has 0 spiro atoms. The van der Waals surface area contributed by atoms with E-state index in [2.05, 4.69) is 17.2 Å². The summed E-state index contributed by atoms with van der Waals surface area (Å²) in [5, 5.41) is 8.99. The van der Waals surface area contributed by atoms with Crippen molar-refractivity contribution in [3.8, 4) is 0 Å². The van der Waals surface area contributed by atoms with Crippen LogP contribution in [0.3, 0.4) is 0 Å². The fourth-order valence-corrected chi connectivity index (χ4v) is 1.92. The first-order valence-electron chi connectivity index (χ1n) is 4.13. The Hall–Kier alpha value is -0.690. The third-order valence-electron chi connectivity index (χ3n) is 1.61. The van der Waals surface area contributed by atoms with Crippen LogP contribution in [0.25, 0.3) is 0 Å². The van der Waals surface area contributed by atoms with Crippen molar-refractivity contribution in [2.75, 3.05) is 0 Å². The average molecular weight is 255 g/mol. The van der Waals surface area contributed by atoms with Gasteiger partial charge in [0, 0.05) is 6.42 Å². The second kappa shape index (κ2) is 4.89. The lowest BCUT2D eigenvalue weighted by Gasteiger charge is -1.99. The number of aliphatic hydroxyl groups excluding tert-OH is 1. The average Bonchev–Trinajstić information content (AvgIpc) is 2.51. The van der Waals surface area contributed by atoms with Crippen LogP contribution in [0, 0.1) is 0 Å². The van der Waals surface area contributed by atoms with Gasteiger partial charge in [0.25, 0.3) is 0 Å². The summed E-state index contributed by atoms with van der Waals surface area (Å²) < 4.78 is 36.5. The lowest BCUT2D eigenvalue weighted by Crippen LogP contribution is -2.00. The molecule has 0 unspecified atom stereocenters. The number of hydrogen-bond acceptors (Lipinski definition) is 3. The summed E-state index contributed by atoms with van der Waals surface area (Å²) in [6, 6.07) is 0. The van der Waals surface area contributed by atoms with E-state index in [1.165, 1.54) is 0 Å². The molecule has 0 amide bonds. The largest absolute Gasteiger partial charge is 0.502 e. The molecule has 15 heavy (non-hydrogen) atoms. The molecule has 84 valence electrons. The van der Waals surface area contributed by atoms with Crippen LogP contribution in [0.15, 0.2) is 6.20 Å². The van der Waals surface area contributed by atoms with Gasteiger partial charge < -0.3 is 5.11 Å². The molecule has 7 heteroatoms. The summed E-state index contributed by atoms with van der Waals surface area (Å²) in [6.45, 7) is 0. The number of hydrogen-bond donors (Lipinski definition) is 1. The first-order valence-corrected chi connectivity index (χ1v) is 5.36. The minimum absolute atomic E-state index is 0.123. The second-order valence-corrected chi connectivity index (χ2v) is 4.45. The molecule has 0 saturated carbocycles. The van der Waals surface area contributed by atoms with E-state index < -0.39 is 11.1 Å². The highest BCUT2D eigenvalue weighted by Gasteiger charge is 2.33. The van der Waals surface area contributed by atoms with Gasteiger partial charge in [-0.1, -0.05) is 0 Å². The van der Waals surface area contributed by atoms with Gasteiger partial charge in [-0.3, -0.25) is 0 Å². The van der Waals surface area contributed by atoms with Crippen molar-refractivity contribution in [1.82, 2.24) is 4.98 Å². The molecule has 1 heterocycles. The first kappa shape index (κ1) is 12.4. The van der Waals surface area contributed by atoms with Gasteiger partial charge in [-0.05, 0) is 25.1 Å². The molecule has 2 nitrogen and oxygen atoms in total. The SMILES string of the molecule is OC(=S)CCCc1ncc(C(F)(F)F)s1. The summed E-state index contributed by atoms with van der Waals surface area (Å²) in [5.74, 6) is 0. The zero-order valence-corrected chi connectivity index (χ0v) is 9.18. The van der Waals surface area contributed by atoms with Crippen LogP contribution in [-0.4, -0.2) is 15.1 Å². The van der Waals surface area contributed by atoms with E-state index in [-0.39, 0.29) is 5.05 Å². The highest BCUT2D eigenvalue weighted by Crippen LogP contribution is 2.33. The molecule has 0 saturated heterocycles. The third-order valence-corrected chi connectivity index (χ3v) is 2.92. The van der Waals surface area contributed by atoms with Crippen LogP contribution >= 0.6 is 23.6 Å². The highest BCUT2D eigenvalue weighted by molar-refractivity contribution is 7.80. The van der Waals surface area contributed by atoms with E-state index in [0.29, 0.717) is 35.6 Å². The summed E-state index contributed by atoms with van der Waals surface area (Å²) in [4.78, 5) is 2.96. The number of nitrogens with zero attached hydrogens (tertiary/aromatic N) is 1. The van der Waals surface area contributed by atoms with Crippen molar-refractivity contribution >= 4 is 28.6 Å². The summed E-state index contributed by atoms with van der Waals surface area (Å²) in [5.41, 5.74) is 0. The van der Waals surface area contributed by atoms with Crippen LogP contribution in [-0.2, 0) is 12.6 Å². The Balaban J connectivity index is 2.50. The number of aliphatic hydroxyl groups is 1. The molecular weight excluding hydrogens is 247 g/mol. The molecule has 1 N–H and O–H groups in total. The molecule has 1 aromatic heterocycles. The fraction of sp³-hybridized carbons (Fsp3) is 0.500. The number of thiocarbonyl (C=S) groups is 1. The second-order valence-electron chi connectivity index (χ2n) is 2.86. The van der Waals surface area contributed by atoms with Crippen molar-refractivity contribution in [2.45, 2.75) is 25.4 Å². The number of aryl methyl sites for hydroxylation is 1. The lowest BCUT2D eigenvalue weighted by molar-refractivity contribution is -0.134. The molecule has 0 aliphatic carbocycles. The van der Waals surface area contributed by atoms with E-state index in [0.717, 1.165) is 6.20 Å². The van der Waals surface area contributed by atoms with Gasteiger partial charge in [-0.25, -0.2) is 4.98 Å². The maximum atomic E-state index is 12.2. The lowest BCUT2D eigenvalue weighted by atomic mass is 10.2. The van der Waals surface area contributed by atoms with Gasteiger partial charge in [0.15, 0.2) is 5.05 Å². The van der Waals surface area contributed by atoms with Crippen molar-refractivity contribution in [3.63, 3.8) is 0 Å². The van der Waals surface area contributed by atoms with E-state index in [9.17, 15) is 13.2 Å². The number of thiazole rings is 1. The standard InChI is InChI=1S/C8H8F3NOS2/c9-8(10,11)5-4-12-6(15-5)2-1-3-7(13)14/h4H,1-3H2,(H,13,14). The maximum Gasteiger partial charge on any atom is 0.427 e. The number of rotatable bonds is 4. The van der Waals surface area contributed by atoms with Gasteiger partial charge in [-0.2, -0.15) is 13.2 Å². The van der Waals surface area contributed by atoms with Crippen LogP contribution in [0.1, 0.15) is 22.7 Å². The molecule has 0 fully saturated rings. The van der Waals surface area contributed by atoms with Crippen molar-refractivity contribution in [2.24, 2.45) is 0 Å². The smallest absolute Gasteiger partial charge is 0.427 e. The van der Waals surface area contributed by atoms with Crippen molar-refractivity contribution in [1.29, 1.82) is 0 Å². The Morgan fingerprint density at radius 2 is 2.20 bits per heavy atom. The Morgan fingerprint density at radius 1 is 1.53 bits per heavy atom. The number of alkyl halides is 3. The van der Waals surface area contributed by atoms with E-state index in [1.807, 2.05) is 0 Å². The van der Waals surface area contributed by atoms with Crippen molar-refractivity contribution in [3.05, 3.63) is 16.1 Å². The normalized spacial score (nSPS) is 11.7. The molecule has 1 aromatic rings. The first-order chi connectivity index (χ1) is 6.89. The van der Waals surface area contributed by atoms with Gasteiger partial charge in [0.1, 0.15) is 4.88 Å².